The van der Waals surface area contributed by atoms with Gasteiger partial charge in [-0.25, -0.2) is 4.98 Å². The van der Waals surface area contributed by atoms with Gasteiger partial charge in [-0.3, -0.25) is 4.79 Å². The van der Waals surface area contributed by atoms with E-state index in [0.717, 1.165) is 25.9 Å². The van der Waals surface area contributed by atoms with Gasteiger partial charge in [0.2, 0.25) is 0 Å². The summed E-state index contributed by atoms with van der Waals surface area (Å²) >= 11 is 0. The van der Waals surface area contributed by atoms with Crippen molar-refractivity contribution in [3.05, 3.63) is 17.8 Å². The molecule has 1 N–H and O–H groups in total. The van der Waals surface area contributed by atoms with Crippen LogP contribution in [0.5, 0.6) is 0 Å². The van der Waals surface area contributed by atoms with Gasteiger partial charge in [-0.05, 0) is 19.4 Å². The first-order valence-electron chi connectivity index (χ1n) is 4.94. The molecule has 2 rings (SSSR count). The smallest absolute Gasteiger partial charge is 0.199 e. The molecule has 1 unspecified atom stereocenters. The van der Waals surface area contributed by atoms with Crippen LogP contribution in [0.2, 0.25) is 0 Å². The molecule has 1 fully saturated rings. The van der Waals surface area contributed by atoms with Crippen LogP contribution >= 0.6 is 0 Å². The van der Waals surface area contributed by atoms with E-state index in [1.54, 1.807) is 0 Å². The average Bonchev–Trinajstić information content (AvgIpc) is 2.68. The number of carbonyl (C=O) groups excluding carboxylic acids is 1. The molecule has 1 atom stereocenters. The van der Waals surface area contributed by atoms with Crippen molar-refractivity contribution in [1.82, 2.24) is 10.3 Å². The Kier molecular flexibility index (Phi) is 2.63. The summed E-state index contributed by atoms with van der Waals surface area (Å²) in [5.41, 5.74) is 0.436. The SMILES string of the molecule is CC(=O)c1coc(C2CCCNC2)n1. The maximum atomic E-state index is 11.0. The molecule has 76 valence electrons. The van der Waals surface area contributed by atoms with Crippen molar-refractivity contribution >= 4 is 5.78 Å². The number of carbonyl (C=O) groups is 1. The summed E-state index contributed by atoms with van der Waals surface area (Å²) in [7, 11) is 0. The molecule has 1 saturated heterocycles. The Morgan fingerprint density at radius 3 is 3.14 bits per heavy atom. The fraction of sp³-hybridized carbons (Fsp3) is 0.600. The van der Waals surface area contributed by atoms with E-state index in [9.17, 15) is 4.79 Å². The highest BCUT2D eigenvalue weighted by Gasteiger charge is 2.20. The Balaban J connectivity index is 2.11. The van der Waals surface area contributed by atoms with Gasteiger partial charge in [0.15, 0.2) is 11.7 Å². The highest BCUT2D eigenvalue weighted by Crippen LogP contribution is 2.22. The number of aromatic nitrogens is 1. The van der Waals surface area contributed by atoms with Crippen molar-refractivity contribution in [1.29, 1.82) is 0 Å². The molecule has 0 bridgehead atoms. The molecule has 1 aliphatic rings. The number of ketones is 1. The van der Waals surface area contributed by atoms with Crippen LogP contribution in [-0.4, -0.2) is 23.9 Å². The van der Waals surface area contributed by atoms with Gasteiger partial charge in [-0.15, -0.1) is 0 Å². The molecule has 0 aliphatic carbocycles. The molecular formula is C10H14N2O2. The molecule has 4 nitrogen and oxygen atoms in total. The normalized spacial score (nSPS) is 22.2. The Hall–Kier alpha value is -1.16. The second-order valence-corrected chi connectivity index (χ2v) is 3.67. The summed E-state index contributed by atoms with van der Waals surface area (Å²) in [6, 6.07) is 0. The van der Waals surface area contributed by atoms with Gasteiger partial charge in [0, 0.05) is 19.4 Å². The Morgan fingerprint density at radius 1 is 1.71 bits per heavy atom. The second kappa shape index (κ2) is 3.92. The molecule has 0 aromatic carbocycles. The van der Waals surface area contributed by atoms with E-state index in [-0.39, 0.29) is 5.78 Å². The summed E-state index contributed by atoms with van der Waals surface area (Å²) in [4.78, 5) is 15.2. The van der Waals surface area contributed by atoms with Crippen LogP contribution in [0.4, 0.5) is 0 Å². The van der Waals surface area contributed by atoms with Gasteiger partial charge in [0.05, 0.1) is 0 Å². The summed E-state index contributed by atoms with van der Waals surface area (Å²) in [5.74, 6) is 0.989. The lowest BCUT2D eigenvalue weighted by Gasteiger charge is -2.19. The quantitative estimate of drug-likeness (QED) is 0.722. The van der Waals surface area contributed by atoms with Crippen LogP contribution in [0, 0.1) is 0 Å². The van der Waals surface area contributed by atoms with Gasteiger partial charge in [-0.1, -0.05) is 0 Å². The fourth-order valence-electron chi connectivity index (χ4n) is 1.70. The third-order valence-electron chi connectivity index (χ3n) is 2.53. The second-order valence-electron chi connectivity index (χ2n) is 3.67. The molecule has 14 heavy (non-hydrogen) atoms. The number of Topliss-reactive ketones (excluding diaryl/α,β-unsaturated/α-hetero) is 1. The van der Waals surface area contributed by atoms with E-state index >= 15 is 0 Å². The van der Waals surface area contributed by atoms with Gasteiger partial charge in [-0.2, -0.15) is 0 Å². The highest BCUT2D eigenvalue weighted by atomic mass is 16.3. The first-order chi connectivity index (χ1) is 6.77. The van der Waals surface area contributed by atoms with E-state index in [1.807, 2.05) is 0 Å². The minimum atomic E-state index is -0.0382. The minimum absolute atomic E-state index is 0.0382. The molecule has 0 saturated carbocycles. The largest absolute Gasteiger partial charge is 0.448 e. The van der Waals surface area contributed by atoms with Gasteiger partial charge < -0.3 is 9.73 Å². The Bertz CT molecular complexity index is 327. The fourth-order valence-corrected chi connectivity index (χ4v) is 1.70. The zero-order valence-corrected chi connectivity index (χ0v) is 8.25. The summed E-state index contributed by atoms with van der Waals surface area (Å²) in [6.45, 7) is 3.47. The molecule has 4 heteroatoms. The summed E-state index contributed by atoms with van der Waals surface area (Å²) in [5, 5.41) is 3.29. The number of hydrogen-bond donors (Lipinski definition) is 1. The third kappa shape index (κ3) is 1.85. The maximum absolute atomic E-state index is 11.0. The molecule has 2 heterocycles. The van der Waals surface area contributed by atoms with Gasteiger partial charge >= 0.3 is 0 Å². The lowest BCUT2D eigenvalue weighted by molar-refractivity contribution is 0.101. The number of hydrogen-bond acceptors (Lipinski definition) is 4. The molecule has 1 aromatic rings. The van der Waals surface area contributed by atoms with Crippen molar-refractivity contribution in [3.8, 4) is 0 Å². The van der Waals surface area contributed by atoms with Crippen molar-refractivity contribution in [2.75, 3.05) is 13.1 Å². The maximum Gasteiger partial charge on any atom is 0.199 e. The first-order valence-corrected chi connectivity index (χ1v) is 4.94. The van der Waals surface area contributed by atoms with E-state index in [0.29, 0.717) is 17.5 Å². The number of nitrogens with zero attached hydrogens (tertiary/aromatic N) is 1. The molecule has 0 spiro atoms. The molecule has 1 aliphatic heterocycles. The van der Waals surface area contributed by atoms with E-state index in [4.69, 9.17) is 4.42 Å². The number of piperidine rings is 1. The zero-order valence-electron chi connectivity index (χ0n) is 8.25. The van der Waals surface area contributed by atoms with Crippen molar-refractivity contribution in [2.45, 2.75) is 25.7 Å². The lowest BCUT2D eigenvalue weighted by atomic mass is 10.00. The molecular weight excluding hydrogens is 180 g/mol. The van der Waals surface area contributed by atoms with Crippen LogP contribution < -0.4 is 5.32 Å². The van der Waals surface area contributed by atoms with E-state index in [1.165, 1.54) is 13.2 Å². The third-order valence-corrected chi connectivity index (χ3v) is 2.53. The van der Waals surface area contributed by atoms with Crippen LogP contribution in [0.1, 0.15) is 42.1 Å². The first kappa shape index (κ1) is 9.40. The molecule has 1 aromatic heterocycles. The van der Waals surface area contributed by atoms with Crippen molar-refractivity contribution in [3.63, 3.8) is 0 Å². The predicted molar refractivity (Wildman–Crippen MR) is 51.4 cm³/mol. The average molecular weight is 194 g/mol. The van der Waals surface area contributed by atoms with Crippen LogP contribution in [0.15, 0.2) is 10.7 Å². The Labute approximate surface area is 82.7 Å². The van der Waals surface area contributed by atoms with Crippen molar-refractivity contribution in [2.24, 2.45) is 0 Å². The van der Waals surface area contributed by atoms with Crippen LogP contribution in [-0.2, 0) is 0 Å². The van der Waals surface area contributed by atoms with Gasteiger partial charge in [0.25, 0.3) is 0 Å². The predicted octanol–water partition coefficient (Wildman–Crippen LogP) is 1.34. The molecule has 0 radical (unpaired) electrons. The minimum Gasteiger partial charge on any atom is -0.448 e. The summed E-state index contributed by atoms with van der Waals surface area (Å²) < 4.78 is 5.29. The number of nitrogens with one attached hydrogen (secondary N) is 1. The highest BCUT2D eigenvalue weighted by molar-refractivity contribution is 5.91. The Morgan fingerprint density at radius 2 is 2.57 bits per heavy atom. The van der Waals surface area contributed by atoms with Gasteiger partial charge in [0.1, 0.15) is 12.0 Å². The van der Waals surface area contributed by atoms with E-state index < -0.39 is 0 Å². The van der Waals surface area contributed by atoms with E-state index in [2.05, 4.69) is 10.3 Å². The summed E-state index contributed by atoms with van der Waals surface area (Å²) in [6.07, 6.45) is 3.68. The van der Waals surface area contributed by atoms with Crippen LogP contribution in [0.25, 0.3) is 0 Å². The topological polar surface area (TPSA) is 55.1 Å². The number of rotatable bonds is 2. The number of oxazole rings is 1. The van der Waals surface area contributed by atoms with Crippen molar-refractivity contribution < 1.29 is 9.21 Å². The van der Waals surface area contributed by atoms with Crippen LogP contribution in [0.3, 0.4) is 0 Å². The lowest BCUT2D eigenvalue weighted by Crippen LogP contribution is -2.28. The monoisotopic (exact) mass is 194 g/mol. The zero-order chi connectivity index (χ0) is 9.97. The molecule has 0 amide bonds. The standard InChI is InChI=1S/C10H14N2O2/c1-7(13)9-6-14-10(12-9)8-3-2-4-11-5-8/h6,8,11H,2-5H2,1H3.